The van der Waals surface area contributed by atoms with Crippen molar-refractivity contribution in [2.24, 2.45) is 5.92 Å². The molecule has 3 aromatic rings. The molecule has 1 saturated carbocycles. The van der Waals surface area contributed by atoms with Crippen molar-refractivity contribution in [1.29, 1.82) is 0 Å². The van der Waals surface area contributed by atoms with Crippen LogP contribution in [-0.2, 0) is 14.0 Å². The fourth-order valence-electron chi connectivity index (χ4n) is 8.35. The smallest absolute Gasteiger partial charge is 0.315 e. The number of benzene rings is 3. The summed E-state index contributed by atoms with van der Waals surface area (Å²) in [6.45, 7) is 16.5. The normalized spacial score (nSPS) is 18.7. The molecule has 1 N–H and O–H groups in total. The van der Waals surface area contributed by atoms with Crippen LogP contribution in [0, 0.1) is 12.8 Å². The molecule has 0 atom stereocenters. The van der Waals surface area contributed by atoms with Crippen molar-refractivity contribution in [3.63, 3.8) is 0 Å². The van der Waals surface area contributed by atoms with Gasteiger partial charge in [0.1, 0.15) is 5.75 Å². The number of nitrogens with one attached hydrogen (secondary N) is 1. The highest BCUT2D eigenvalue weighted by atomic mass is 28.4. The van der Waals surface area contributed by atoms with Crippen LogP contribution in [0.5, 0.6) is 5.75 Å². The number of ether oxygens (including phenoxy) is 1. The molecule has 1 aliphatic carbocycles. The van der Waals surface area contributed by atoms with Gasteiger partial charge in [0.15, 0.2) is 5.60 Å². The number of hydrogen-bond donors (Lipinski definition) is 1. The van der Waals surface area contributed by atoms with Crippen LogP contribution in [0.4, 0.5) is 14.5 Å². The van der Waals surface area contributed by atoms with E-state index in [0.717, 1.165) is 37.7 Å². The summed E-state index contributed by atoms with van der Waals surface area (Å²) < 4.78 is 38.9. The van der Waals surface area contributed by atoms with Crippen LogP contribution in [0.25, 0.3) is 0 Å². The van der Waals surface area contributed by atoms with E-state index in [9.17, 15) is 23.2 Å². The molecular weight excluding hydrogens is 705 g/mol. The molecule has 1 heterocycles. The second kappa shape index (κ2) is 16.7. The lowest BCUT2D eigenvalue weighted by molar-refractivity contribution is -0.133. The molecule has 0 aromatic heterocycles. The predicted molar refractivity (Wildman–Crippen MR) is 212 cm³/mol. The summed E-state index contributed by atoms with van der Waals surface area (Å²) in [5.41, 5.74) is 0.341. The molecule has 3 amide bonds. The Bertz CT molecular complexity index is 1730. The molecule has 0 spiro atoms. The van der Waals surface area contributed by atoms with Gasteiger partial charge in [-0.05, 0) is 106 Å². The molecule has 0 radical (unpaired) electrons. The van der Waals surface area contributed by atoms with Crippen LogP contribution in [0.3, 0.4) is 0 Å². The third kappa shape index (κ3) is 8.57. The number of nitrogens with zero attached hydrogens (tertiary/aromatic N) is 2. The fraction of sp³-hybridized carbons (Fsp3) is 0.512. The summed E-state index contributed by atoms with van der Waals surface area (Å²) in [6, 6.07) is 24.9. The first kappa shape index (κ1) is 41.1. The number of carbonyl (C=O) groups is 3. The maximum atomic E-state index is 14.4. The van der Waals surface area contributed by atoms with Crippen LogP contribution >= 0.6 is 0 Å². The van der Waals surface area contributed by atoms with Gasteiger partial charge >= 0.3 is 6.43 Å². The minimum absolute atomic E-state index is 0.0501. The highest BCUT2D eigenvalue weighted by Gasteiger charge is 2.50. The van der Waals surface area contributed by atoms with Crippen molar-refractivity contribution in [3.05, 3.63) is 83.9 Å². The molecule has 0 unspecified atom stereocenters. The minimum atomic E-state index is -3.15. The largest absolute Gasteiger partial charge is 0.476 e. The Hall–Kier alpha value is -4.09. The number of hydrogen-bond acceptors (Lipinski definition) is 5. The predicted octanol–water partition coefficient (Wildman–Crippen LogP) is 7.26. The third-order valence-electron chi connectivity index (χ3n) is 11.0. The van der Waals surface area contributed by atoms with Gasteiger partial charge in [-0.1, -0.05) is 81.4 Å². The Kier molecular flexibility index (Phi) is 12.7. The van der Waals surface area contributed by atoms with Crippen LogP contribution in [0.15, 0.2) is 72.8 Å². The summed E-state index contributed by atoms with van der Waals surface area (Å²) in [7, 11) is -2.62. The van der Waals surface area contributed by atoms with E-state index in [-0.39, 0.29) is 42.0 Å². The van der Waals surface area contributed by atoms with E-state index in [0.29, 0.717) is 29.5 Å². The van der Waals surface area contributed by atoms with Crippen LogP contribution in [0.1, 0.15) is 96.5 Å². The average molecular weight is 762 g/mol. The van der Waals surface area contributed by atoms with E-state index >= 15 is 0 Å². The summed E-state index contributed by atoms with van der Waals surface area (Å²) >= 11 is 0. The van der Waals surface area contributed by atoms with E-state index in [4.69, 9.17) is 9.16 Å². The lowest BCUT2D eigenvalue weighted by Crippen LogP contribution is -2.66. The molecule has 0 saturated heterocycles. The van der Waals surface area contributed by atoms with Crippen LogP contribution in [-0.4, -0.2) is 74.7 Å². The second-order valence-corrected chi connectivity index (χ2v) is 20.9. The fourth-order valence-corrected chi connectivity index (χ4v) is 12.9. The van der Waals surface area contributed by atoms with Crippen molar-refractivity contribution < 1.29 is 32.3 Å². The monoisotopic (exact) mass is 761 g/mol. The van der Waals surface area contributed by atoms with Gasteiger partial charge < -0.3 is 24.3 Å². The molecular formula is C43H57F2N3O5Si. The first-order valence-electron chi connectivity index (χ1n) is 19.3. The zero-order valence-corrected chi connectivity index (χ0v) is 34.1. The third-order valence-corrected chi connectivity index (χ3v) is 16.1. The van der Waals surface area contributed by atoms with Gasteiger partial charge in [-0.15, -0.1) is 0 Å². The number of halogens is 2. The van der Waals surface area contributed by atoms with E-state index in [1.807, 2.05) is 25.7 Å². The van der Waals surface area contributed by atoms with Crippen molar-refractivity contribution in [3.8, 4) is 5.75 Å². The quantitative estimate of drug-likeness (QED) is 0.186. The van der Waals surface area contributed by atoms with Gasteiger partial charge in [0, 0.05) is 37.3 Å². The highest BCUT2D eigenvalue weighted by molar-refractivity contribution is 6.99. The standard InChI is InChI=1S/C43H57F2N3O5Si/c1-29(2)48(40(50)35-28-36-37(27-30(35)3)53-43(7,8)41(51)47(36)25-24-46-39(49)38(44)45)32-21-19-31(20-22-32)23-26-52-54(42(4,5)6,33-15-11-9-12-16-33)34-17-13-10-14-18-34/h9-18,27-29,31-32,38H,19-26H2,1-8H3,(H,46,49)/t31-,32+. The van der Waals surface area contributed by atoms with Crippen molar-refractivity contribution in [1.82, 2.24) is 10.2 Å². The first-order chi connectivity index (χ1) is 25.5. The maximum Gasteiger partial charge on any atom is 0.315 e. The average Bonchev–Trinajstić information content (AvgIpc) is 3.12. The molecule has 3 aromatic carbocycles. The van der Waals surface area contributed by atoms with E-state index < -0.39 is 26.3 Å². The zero-order valence-electron chi connectivity index (χ0n) is 33.1. The molecule has 0 bridgehead atoms. The number of rotatable bonds is 13. The van der Waals surface area contributed by atoms with E-state index in [1.165, 1.54) is 15.3 Å². The summed E-state index contributed by atoms with van der Waals surface area (Å²) in [5.74, 6) is -0.997. The Morgan fingerprint density at radius 1 is 0.981 bits per heavy atom. The zero-order chi connectivity index (χ0) is 39.4. The van der Waals surface area contributed by atoms with Gasteiger partial charge in [0.2, 0.25) is 0 Å². The molecule has 54 heavy (non-hydrogen) atoms. The van der Waals surface area contributed by atoms with Gasteiger partial charge in [0.05, 0.1) is 5.69 Å². The topological polar surface area (TPSA) is 88.2 Å². The van der Waals surface area contributed by atoms with Gasteiger partial charge in [-0.25, -0.2) is 0 Å². The van der Waals surface area contributed by atoms with Crippen molar-refractivity contribution >= 4 is 42.1 Å². The number of aryl methyl sites for hydroxylation is 1. The summed E-state index contributed by atoms with van der Waals surface area (Å²) in [5, 5.41) is 4.64. The van der Waals surface area contributed by atoms with Crippen molar-refractivity contribution in [2.75, 3.05) is 24.6 Å². The van der Waals surface area contributed by atoms with Crippen LogP contribution < -0.4 is 25.3 Å². The molecule has 292 valence electrons. The summed E-state index contributed by atoms with van der Waals surface area (Å²) in [6.07, 6.45) is 1.54. The number of amides is 3. The van der Waals surface area contributed by atoms with Gasteiger partial charge in [0.25, 0.3) is 26.0 Å². The Balaban J connectivity index is 1.29. The SMILES string of the molecule is Cc1cc2c(cc1C(=O)N(C(C)C)[C@H]1CC[C@@H](CCO[Si](c3ccccc3)(c3ccccc3)C(C)(C)C)CC1)N(CCNC(=O)C(F)F)C(=O)C(C)(C)O2. The second-order valence-electron chi connectivity index (χ2n) is 16.6. The van der Waals surface area contributed by atoms with Crippen molar-refractivity contribution in [2.45, 2.75) is 117 Å². The minimum Gasteiger partial charge on any atom is -0.476 e. The van der Waals surface area contributed by atoms with Gasteiger partial charge in [-0.2, -0.15) is 8.78 Å². The van der Waals surface area contributed by atoms with E-state index in [1.54, 1.807) is 26.0 Å². The van der Waals surface area contributed by atoms with Crippen LogP contribution in [0.2, 0.25) is 5.04 Å². The number of alkyl halides is 2. The summed E-state index contributed by atoms with van der Waals surface area (Å²) in [4.78, 5) is 42.8. The lowest BCUT2D eigenvalue weighted by atomic mass is 9.83. The highest BCUT2D eigenvalue weighted by Crippen LogP contribution is 2.41. The first-order valence-corrected chi connectivity index (χ1v) is 21.2. The molecule has 8 nitrogen and oxygen atoms in total. The molecule has 1 aliphatic heterocycles. The molecule has 2 aliphatic rings. The molecule has 11 heteroatoms. The Labute approximate surface area is 320 Å². The van der Waals surface area contributed by atoms with E-state index in [2.05, 4.69) is 86.8 Å². The Morgan fingerprint density at radius 2 is 1.56 bits per heavy atom. The number of anilines is 1. The Morgan fingerprint density at radius 3 is 2.07 bits per heavy atom. The molecule has 1 fully saturated rings. The maximum absolute atomic E-state index is 14.4. The van der Waals surface area contributed by atoms with Gasteiger partial charge in [-0.3, -0.25) is 14.4 Å². The molecule has 5 rings (SSSR count). The number of fused-ring (bicyclic) bond motifs is 1. The number of carbonyl (C=O) groups excluding carboxylic acids is 3. The lowest BCUT2D eigenvalue weighted by Gasteiger charge is -2.43.